The molecule has 2 aromatic rings. The third-order valence-corrected chi connectivity index (χ3v) is 5.64. The Kier molecular flexibility index (Phi) is 7.15. The third-order valence-electron chi connectivity index (χ3n) is 5.64. The number of hydrogen-bond donors (Lipinski definition) is 1. The first kappa shape index (κ1) is 22.3. The summed E-state index contributed by atoms with van der Waals surface area (Å²) in [4.78, 5) is 31.2. The number of hydrogen-bond acceptors (Lipinski definition) is 4. The molecule has 0 spiro atoms. The van der Waals surface area contributed by atoms with Crippen LogP contribution in [0.1, 0.15) is 22.1 Å². The molecule has 2 aliphatic rings. The van der Waals surface area contributed by atoms with E-state index in [0.717, 1.165) is 18.8 Å². The van der Waals surface area contributed by atoms with Crippen molar-refractivity contribution in [2.24, 2.45) is 11.8 Å². The largest absolute Gasteiger partial charge is 0.497 e. The van der Waals surface area contributed by atoms with Gasteiger partial charge in [-0.3, -0.25) is 14.5 Å². The van der Waals surface area contributed by atoms with Crippen LogP contribution in [0.4, 0.5) is 0 Å². The second-order valence-electron chi connectivity index (χ2n) is 7.22. The van der Waals surface area contributed by atoms with Crippen LogP contribution in [-0.4, -0.2) is 54.5 Å². The highest BCUT2D eigenvalue weighted by Crippen LogP contribution is 2.44. The predicted molar refractivity (Wildman–Crippen MR) is 113 cm³/mol. The number of carbonyl (C=O) groups is 1. The number of nitrogens with one attached hydrogen (secondary N) is 1. The monoisotopic (exact) mass is 425 g/mol. The van der Waals surface area contributed by atoms with Gasteiger partial charge in [0, 0.05) is 37.7 Å². The molecule has 2 aliphatic heterocycles. The summed E-state index contributed by atoms with van der Waals surface area (Å²) in [5.41, 5.74) is 1.38. The number of fused-ring (bicyclic) bond motifs is 1. The zero-order valence-electron chi connectivity index (χ0n) is 15.8. The highest BCUT2D eigenvalue weighted by atomic mass is 35.5. The number of halogens is 2. The van der Waals surface area contributed by atoms with Crippen molar-refractivity contribution in [1.29, 1.82) is 0 Å². The third kappa shape index (κ3) is 4.04. The molecule has 2 fully saturated rings. The van der Waals surface area contributed by atoms with Crippen LogP contribution >= 0.6 is 24.8 Å². The first-order valence-corrected chi connectivity index (χ1v) is 8.89. The van der Waals surface area contributed by atoms with E-state index in [1.807, 2.05) is 17.0 Å². The predicted octanol–water partition coefficient (Wildman–Crippen LogP) is 2.60. The van der Waals surface area contributed by atoms with Crippen LogP contribution in [0, 0.1) is 11.8 Å². The Morgan fingerprint density at radius 1 is 1.07 bits per heavy atom. The number of aromatic amines is 1. The van der Waals surface area contributed by atoms with Crippen LogP contribution < -0.4 is 10.3 Å². The minimum absolute atomic E-state index is 0. The van der Waals surface area contributed by atoms with Crippen LogP contribution in [0.2, 0.25) is 0 Å². The average molecular weight is 426 g/mol. The molecule has 1 N–H and O–H groups in total. The lowest BCUT2D eigenvalue weighted by Crippen LogP contribution is -2.34. The summed E-state index contributed by atoms with van der Waals surface area (Å²) >= 11 is 0. The van der Waals surface area contributed by atoms with Gasteiger partial charge in [-0.05, 0) is 36.7 Å². The van der Waals surface area contributed by atoms with Gasteiger partial charge >= 0.3 is 0 Å². The number of likely N-dealkylation sites (tertiary alicyclic amines) is 2. The van der Waals surface area contributed by atoms with Crippen LogP contribution in [-0.2, 0) is 0 Å². The number of nitrogens with zero attached hydrogens (tertiary/aromatic N) is 2. The number of ether oxygens (including phenoxy) is 1. The van der Waals surface area contributed by atoms with Gasteiger partial charge in [0.2, 0.25) is 5.56 Å². The molecule has 3 heterocycles. The van der Waals surface area contributed by atoms with Crippen molar-refractivity contribution in [2.45, 2.75) is 6.04 Å². The molecule has 1 amide bonds. The molecule has 8 heteroatoms. The van der Waals surface area contributed by atoms with Crippen molar-refractivity contribution in [1.82, 2.24) is 14.8 Å². The maximum atomic E-state index is 12.8. The van der Waals surface area contributed by atoms with E-state index < -0.39 is 0 Å². The Labute approximate surface area is 176 Å². The van der Waals surface area contributed by atoms with Gasteiger partial charge in [0.1, 0.15) is 11.4 Å². The van der Waals surface area contributed by atoms with Crippen LogP contribution in [0.15, 0.2) is 47.3 Å². The fourth-order valence-corrected chi connectivity index (χ4v) is 4.47. The first-order chi connectivity index (χ1) is 12.6. The molecule has 1 aromatic heterocycles. The summed E-state index contributed by atoms with van der Waals surface area (Å²) in [6, 6.07) is 13.2. The minimum Gasteiger partial charge on any atom is -0.497 e. The Morgan fingerprint density at radius 3 is 2.43 bits per heavy atom. The van der Waals surface area contributed by atoms with Gasteiger partial charge in [-0.2, -0.15) is 0 Å². The minimum atomic E-state index is -0.244. The number of aromatic nitrogens is 1. The number of benzene rings is 1. The number of methoxy groups -OCH3 is 1. The van der Waals surface area contributed by atoms with E-state index in [-0.39, 0.29) is 36.3 Å². The molecule has 6 nitrogen and oxygen atoms in total. The Balaban J connectivity index is 0.00000140. The first-order valence-electron chi connectivity index (χ1n) is 8.89. The molecule has 1 aromatic carbocycles. The zero-order valence-corrected chi connectivity index (χ0v) is 17.5. The molecule has 28 heavy (non-hydrogen) atoms. The quantitative estimate of drug-likeness (QED) is 0.820. The Bertz CT molecular complexity index is 871. The van der Waals surface area contributed by atoms with Gasteiger partial charge < -0.3 is 14.6 Å². The van der Waals surface area contributed by atoms with Gasteiger partial charge in [0.25, 0.3) is 5.91 Å². The number of amides is 1. The number of carbonyl (C=O) groups excluding carboxylic acids is 1. The summed E-state index contributed by atoms with van der Waals surface area (Å²) in [7, 11) is 3.81. The maximum absolute atomic E-state index is 12.8. The number of H-pyrrole nitrogens is 1. The van der Waals surface area contributed by atoms with Crippen LogP contribution in [0.25, 0.3) is 0 Å². The Hall–Kier alpha value is -2.02. The van der Waals surface area contributed by atoms with E-state index in [2.05, 4.69) is 29.1 Å². The average Bonchev–Trinajstić information content (AvgIpc) is 3.18. The summed E-state index contributed by atoms with van der Waals surface area (Å²) in [6.07, 6.45) is 0. The smallest absolute Gasteiger partial charge is 0.270 e. The molecule has 2 saturated heterocycles. The second kappa shape index (κ2) is 8.99. The van der Waals surface area contributed by atoms with Crippen molar-refractivity contribution >= 4 is 30.7 Å². The standard InChI is InChI=1S/C20H23N3O3.2ClH/c1-22-10-14-11-23(20(25)17-4-3-5-18(24)21-17)12-16(14)19(22)13-6-8-15(26-2)9-7-13;;/h3-9,14,16,19H,10-12H2,1-2H3,(H,21,24);2*1H/t14-,16+,19+;;/m0../s1. The molecule has 152 valence electrons. The summed E-state index contributed by atoms with van der Waals surface area (Å²) < 4.78 is 5.26. The van der Waals surface area contributed by atoms with Crippen molar-refractivity contribution in [3.63, 3.8) is 0 Å². The van der Waals surface area contributed by atoms with Crippen molar-refractivity contribution in [3.05, 3.63) is 64.1 Å². The second-order valence-corrected chi connectivity index (χ2v) is 7.22. The molecule has 0 unspecified atom stereocenters. The molecule has 0 bridgehead atoms. The molecular weight excluding hydrogens is 401 g/mol. The van der Waals surface area contributed by atoms with E-state index in [0.29, 0.717) is 30.1 Å². The lowest BCUT2D eigenvalue weighted by atomic mass is 9.89. The van der Waals surface area contributed by atoms with E-state index in [9.17, 15) is 9.59 Å². The lowest BCUT2D eigenvalue weighted by molar-refractivity contribution is 0.0761. The topological polar surface area (TPSA) is 65.6 Å². The van der Waals surface area contributed by atoms with Crippen LogP contribution in [0.3, 0.4) is 0 Å². The number of pyridine rings is 1. The highest BCUT2D eigenvalue weighted by Gasteiger charge is 2.47. The lowest BCUT2D eigenvalue weighted by Gasteiger charge is -2.27. The maximum Gasteiger partial charge on any atom is 0.270 e. The molecular formula is C20H25Cl2N3O3. The molecule has 0 aliphatic carbocycles. The van der Waals surface area contributed by atoms with Gasteiger partial charge in [-0.15, -0.1) is 24.8 Å². The van der Waals surface area contributed by atoms with Gasteiger partial charge in [0.15, 0.2) is 0 Å². The molecule has 0 saturated carbocycles. The SMILES string of the molecule is COc1ccc([C@@H]2[C@@H]3CN(C(=O)c4cccc(=O)[nH]4)C[C@@H]3CN2C)cc1.Cl.Cl. The fourth-order valence-electron chi connectivity index (χ4n) is 4.47. The highest BCUT2D eigenvalue weighted by molar-refractivity contribution is 5.92. The van der Waals surface area contributed by atoms with E-state index in [1.54, 1.807) is 19.2 Å². The zero-order chi connectivity index (χ0) is 18.3. The van der Waals surface area contributed by atoms with Crippen molar-refractivity contribution in [3.8, 4) is 5.75 Å². The van der Waals surface area contributed by atoms with Crippen molar-refractivity contribution in [2.75, 3.05) is 33.8 Å². The van der Waals surface area contributed by atoms with Gasteiger partial charge in [-0.1, -0.05) is 18.2 Å². The van der Waals surface area contributed by atoms with E-state index in [1.165, 1.54) is 11.6 Å². The summed E-state index contributed by atoms with van der Waals surface area (Å²) in [6.45, 7) is 2.41. The summed E-state index contributed by atoms with van der Waals surface area (Å²) in [5, 5.41) is 0. The van der Waals surface area contributed by atoms with E-state index >= 15 is 0 Å². The Morgan fingerprint density at radius 2 is 1.79 bits per heavy atom. The summed E-state index contributed by atoms with van der Waals surface area (Å²) in [5.74, 6) is 1.61. The normalized spacial score (nSPS) is 23.5. The van der Waals surface area contributed by atoms with Gasteiger partial charge in [0.05, 0.1) is 7.11 Å². The van der Waals surface area contributed by atoms with Crippen molar-refractivity contribution < 1.29 is 9.53 Å². The van der Waals surface area contributed by atoms with Gasteiger partial charge in [-0.25, -0.2) is 0 Å². The fraction of sp³-hybridized carbons (Fsp3) is 0.400. The van der Waals surface area contributed by atoms with E-state index in [4.69, 9.17) is 4.74 Å². The molecule has 3 atom stereocenters. The molecule has 0 radical (unpaired) electrons. The number of rotatable bonds is 3. The van der Waals surface area contributed by atoms with Crippen LogP contribution in [0.5, 0.6) is 5.75 Å². The molecule has 4 rings (SSSR count).